The van der Waals surface area contributed by atoms with Gasteiger partial charge in [0.25, 0.3) is 5.91 Å². The number of nitrogens with zero attached hydrogens (tertiary/aromatic N) is 1. The number of rotatable bonds is 4. The Labute approximate surface area is 147 Å². The van der Waals surface area contributed by atoms with Gasteiger partial charge in [0, 0.05) is 23.8 Å². The topological polar surface area (TPSA) is 54.5 Å². The van der Waals surface area contributed by atoms with Crippen LogP contribution in [0.15, 0.2) is 71.6 Å². The Morgan fingerprint density at radius 1 is 0.960 bits per heavy atom. The van der Waals surface area contributed by atoms with Gasteiger partial charge in [0.1, 0.15) is 0 Å². The first-order chi connectivity index (χ1) is 11.9. The van der Waals surface area contributed by atoms with Gasteiger partial charge >= 0.3 is 0 Å². The van der Waals surface area contributed by atoms with Crippen LogP contribution >= 0.6 is 0 Å². The van der Waals surface area contributed by atoms with Crippen LogP contribution in [0.5, 0.6) is 0 Å². The van der Waals surface area contributed by atoms with Gasteiger partial charge in [0.2, 0.25) is 0 Å². The van der Waals surface area contributed by atoms with Gasteiger partial charge in [0.05, 0.1) is 10.6 Å². The predicted octanol–water partition coefficient (Wildman–Crippen LogP) is 3.91. The van der Waals surface area contributed by atoms with Crippen LogP contribution in [0.3, 0.4) is 0 Å². The average Bonchev–Trinajstić information content (AvgIpc) is 2.62. The lowest BCUT2D eigenvalue weighted by Crippen LogP contribution is -2.30. The summed E-state index contributed by atoms with van der Waals surface area (Å²) in [5.41, 5.74) is 1.17. The Morgan fingerprint density at radius 2 is 1.64 bits per heavy atom. The Balaban J connectivity index is 2.08. The lowest BCUT2D eigenvalue weighted by atomic mass is 10.1. The van der Waals surface area contributed by atoms with Gasteiger partial charge in [-0.3, -0.25) is 4.79 Å². The summed E-state index contributed by atoms with van der Waals surface area (Å²) >= 11 is 0. The summed E-state index contributed by atoms with van der Waals surface area (Å²) in [6, 6.07) is 19.9. The number of fused-ring (bicyclic) bond motifs is 1. The van der Waals surface area contributed by atoms with E-state index in [1.54, 1.807) is 17.0 Å². The first-order valence-corrected chi connectivity index (χ1v) is 9.90. The van der Waals surface area contributed by atoms with Crippen LogP contribution in [0.25, 0.3) is 10.8 Å². The molecule has 0 aliphatic carbocycles. The van der Waals surface area contributed by atoms with Crippen LogP contribution in [-0.2, 0) is 9.84 Å². The number of hydrogen-bond donors (Lipinski definition) is 0. The van der Waals surface area contributed by atoms with Crippen molar-refractivity contribution in [1.29, 1.82) is 0 Å². The zero-order valence-electron chi connectivity index (χ0n) is 14.1. The summed E-state index contributed by atoms with van der Waals surface area (Å²) in [4.78, 5) is 14.8. The van der Waals surface area contributed by atoms with Gasteiger partial charge in [-0.2, -0.15) is 0 Å². The third-order valence-electron chi connectivity index (χ3n) is 4.13. The maximum atomic E-state index is 13.0. The molecule has 0 aromatic heterocycles. The molecule has 3 aromatic carbocycles. The maximum absolute atomic E-state index is 13.0. The van der Waals surface area contributed by atoms with Crippen molar-refractivity contribution < 1.29 is 13.2 Å². The molecule has 4 nitrogen and oxygen atoms in total. The number of amides is 1. The largest absolute Gasteiger partial charge is 0.308 e. The molecule has 5 heteroatoms. The fraction of sp³-hybridized carbons (Fsp3) is 0.150. The number of anilines is 1. The van der Waals surface area contributed by atoms with Gasteiger partial charge in [-0.15, -0.1) is 0 Å². The summed E-state index contributed by atoms with van der Waals surface area (Å²) in [5.74, 6) is -0.218. The third kappa shape index (κ3) is 3.42. The molecule has 3 aromatic rings. The Bertz CT molecular complexity index is 1040. The molecule has 25 heavy (non-hydrogen) atoms. The number of carbonyl (C=O) groups excluding carboxylic acids is 1. The lowest BCUT2D eigenvalue weighted by Gasteiger charge is -2.23. The van der Waals surface area contributed by atoms with E-state index in [9.17, 15) is 13.2 Å². The summed E-state index contributed by atoms with van der Waals surface area (Å²) in [6.07, 6.45) is 1.14. The van der Waals surface area contributed by atoms with Crippen molar-refractivity contribution in [3.63, 3.8) is 0 Å². The molecule has 0 saturated heterocycles. The zero-order chi connectivity index (χ0) is 18.0. The van der Waals surface area contributed by atoms with Gasteiger partial charge in [-0.05, 0) is 36.6 Å². The minimum absolute atomic E-state index is 0.146. The van der Waals surface area contributed by atoms with E-state index in [-0.39, 0.29) is 10.8 Å². The van der Waals surface area contributed by atoms with Crippen LogP contribution in [0.2, 0.25) is 0 Å². The molecule has 0 unspecified atom stereocenters. The molecule has 0 atom stereocenters. The predicted molar refractivity (Wildman–Crippen MR) is 101 cm³/mol. The minimum atomic E-state index is -3.36. The van der Waals surface area contributed by atoms with Crippen molar-refractivity contribution in [2.75, 3.05) is 17.7 Å². The Hall–Kier alpha value is -2.66. The first kappa shape index (κ1) is 17.2. The third-order valence-corrected chi connectivity index (χ3v) is 5.24. The van der Waals surface area contributed by atoms with Crippen molar-refractivity contribution in [2.24, 2.45) is 0 Å². The number of carbonyl (C=O) groups is 1. The Morgan fingerprint density at radius 3 is 2.36 bits per heavy atom. The molecule has 128 valence electrons. The number of hydrogen-bond acceptors (Lipinski definition) is 3. The van der Waals surface area contributed by atoms with Crippen molar-refractivity contribution in [2.45, 2.75) is 11.8 Å². The van der Waals surface area contributed by atoms with Crippen molar-refractivity contribution in [1.82, 2.24) is 0 Å². The number of benzene rings is 3. The van der Waals surface area contributed by atoms with Crippen molar-refractivity contribution >= 4 is 32.2 Å². The molecular formula is C20H19NO3S. The van der Waals surface area contributed by atoms with Crippen LogP contribution in [0.1, 0.15) is 17.3 Å². The van der Waals surface area contributed by atoms with E-state index in [4.69, 9.17) is 0 Å². The average molecular weight is 353 g/mol. The van der Waals surface area contributed by atoms with E-state index in [1.807, 2.05) is 49.4 Å². The van der Waals surface area contributed by atoms with Crippen LogP contribution in [-0.4, -0.2) is 27.1 Å². The van der Waals surface area contributed by atoms with Crippen LogP contribution in [0.4, 0.5) is 5.69 Å². The molecule has 3 rings (SSSR count). The fourth-order valence-electron chi connectivity index (χ4n) is 2.88. The highest BCUT2D eigenvalue weighted by molar-refractivity contribution is 7.90. The fourth-order valence-corrected chi connectivity index (χ4v) is 3.55. The quantitative estimate of drug-likeness (QED) is 0.714. The molecule has 0 aliphatic heterocycles. The zero-order valence-corrected chi connectivity index (χ0v) is 15.0. The van der Waals surface area contributed by atoms with Crippen molar-refractivity contribution in [3.05, 3.63) is 72.3 Å². The van der Waals surface area contributed by atoms with Crippen molar-refractivity contribution in [3.8, 4) is 0 Å². The molecule has 0 spiro atoms. The summed E-state index contributed by atoms with van der Waals surface area (Å²) in [6.45, 7) is 2.38. The second-order valence-electron chi connectivity index (χ2n) is 5.85. The summed E-state index contributed by atoms with van der Waals surface area (Å²) in [5, 5.41) is 2.04. The van der Waals surface area contributed by atoms with E-state index in [2.05, 4.69) is 0 Å². The van der Waals surface area contributed by atoms with Gasteiger partial charge in [0.15, 0.2) is 9.84 Å². The first-order valence-electron chi connectivity index (χ1n) is 8.01. The summed E-state index contributed by atoms with van der Waals surface area (Å²) < 4.78 is 23.5. The molecule has 0 fully saturated rings. The second kappa shape index (κ2) is 6.69. The smallest absolute Gasteiger partial charge is 0.258 e. The molecule has 1 amide bonds. The SMILES string of the molecule is CCN(C(=O)c1cccc(S(C)(=O)=O)c1)c1cccc2ccccc12. The molecule has 0 bridgehead atoms. The highest BCUT2D eigenvalue weighted by Gasteiger charge is 2.19. The van der Waals surface area contributed by atoms with Crippen LogP contribution in [0, 0.1) is 0 Å². The molecule has 0 heterocycles. The van der Waals surface area contributed by atoms with E-state index in [1.165, 1.54) is 12.1 Å². The monoisotopic (exact) mass is 353 g/mol. The normalized spacial score (nSPS) is 11.4. The second-order valence-corrected chi connectivity index (χ2v) is 7.86. The van der Waals surface area contributed by atoms with Gasteiger partial charge in [-0.1, -0.05) is 42.5 Å². The minimum Gasteiger partial charge on any atom is -0.308 e. The van der Waals surface area contributed by atoms with Gasteiger partial charge < -0.3 is 4.90 Å². The lowest BCUT2D eigenvalue weighted by molar-refractivity contribution is 0.0988. The number of sulfone groups is 1. The van der Waals surface area contributed by atoms with Gasteiger partial charge in [-0.25, -0.2) is 8.42 Å². The summed E-state index contributed by atoms with van der Waals surface area (Å²) in [7, 11) is -3.36. The molecule has 0 aliphatic rings. The van der Waals surface area contributed by atoms with Crippen LogP contribution < -0.4 is 4.90 Å². The Kier molecular flexibility index (Phi) is 4.59. The standard InChI is InChI=1S/C20H19NO3S/c1-3-21(19-13-7-9-15-8-4-5-12-18(15)19)20(22)16-10-6-11-17(14-16)25(2,23)24/h4-14H,3H2,1-2H3. The van der Waals surface area contributed by atoms with E-state index in [0.29, 0.717) is 12.1 Å². The highest BCUT2D eigenvalue weighted by atomic mass is 32.2. The van der Waals surface area contributed by atoms with E-state index in [0.717, 1.165) is 22.7 Å². The maximum Gasteiger partial charge on any atom is 0.258 e. The molecular weight excluding hydrogens is 334 g/mol. The van der Waals surface area contributed by atoms with E-state index < -0.39 is 9.84 Å². The van der Waals surface area contributed by atoms with E-state index >= 15 is 0 Å². The molecule has 0 N–H and O–H groups in total. The highest BCUT2D eigenvalue weighted by Crippen LogP contribution is 2.28. The molecule has 0 saturated carbocycles. The molecule has 0 radical (unpaired) electrons.